The van der Waals surface area contributed by atoms with E-state index in [0.717, 1.165) is 24.8 Å². The SMILES string of the molecule is O=C(Cc1nc2sc3c(c2c(=O)[nH]1)CCC3)Nc1ccc(F)cc1. The molecule has 0 radical (unpaired) electrons. The molecule has 0 atom stereocenters. The van der Waals surface area contributed by atoms with Crippen LogP contribution in [0.25, 0.3) is 10.2 Å². The Morgan fingerprint density at radius 1 is 1.29 bits per heavy atom. The molecule has 0 spiro atoms. The summed E-state index contributed by atoms with van der Waals surface area (Å²) in [5.41, 5.74) is 1.44. The van der Waals surface area contributed by atoms with Crippen LogP contribution in [0.2, 0.25) is 0 Å². The molecule has 1 aromatic carbocycles. The Morgan fingerprint density at radius 3 is 2.88 bits per heavy atom. The number of amides is 1. The average Bonchev–Trinajstić information content (AvgIpc) is 3.09. The first-order chi connectivity index (χ1) is 11.6. The monoisotopic (exact) mass is 343 g/mol. The van der Waals surface area contributed by atoms with Crippen molar-refractivity contribution in [2.75, 3.05) is 5.32 Å². The van der Waals surface area contributed by atoms with E-state index in [1.54, 1.807) is 11.3 Å². The van der Waals surface area contributed by atoms with Crippen LogP contribution in [-0.4, -0.2) is 15.9 Å². The third-order valence-corrected chi connectivity index (χ3v) is 5.27. The Morgan fingerprint density at radius 2 is 2.08 bits per heavy atom. The van der Waals surface area contributed by atoms with E-state index in [9.17, 15) is 14.0 Å². The van der Waals surface area contributed by atoms with Gasteiger partial charge in [0.2, 0.25) is 5.91 Å². The predicted molar refractivity (Wildman–Crippen MR) is 91.0 cm³/mol. The molecular weight excluding hydrogens is 329 g/mol. The molecule has 5 nitrogen and oxygen atoms in total. The van der Waals surface area contributed by atoms with E-state index in [1.165, 1.54) is 29.1 Å². The van der Waals surface area contributed by atoms with Gasteiger partial charge in [0.05, 0.1) is 11.8 Å². The summed E-state index contributed by atoms with van der Waals surface area (Å²) in [6.07, 6.45) is 2.96. The number of anilines is 1. The van der Waals surface area contributed by atoms with E-state index in [1.807, 2.05) is 0 Å². The number of halogens is 1. The van der Waals surface area contributed by atoms with E-state index in [4.69, 9.17) is 0 Å². The van der Waals surface area contributed by atoms with Crippen LogP contribution < -0.4 is 10.9 Å². The van der Waals surface area contributed by atoms with Crippen LogP contribution in [0.1, 0.15) is 22.7 Å². The van der Waals surface area contributed by atoms with Crippen molar-refractivity contribution in [2.24, 2.45) is 0 Å². The van der Waals surface area contributed by atoms with Crippen molar-refractivity contribution in [3.8, 4) is 0 Å². The Hall–Kier alpha value is -2.54. The van der Waals surface area contributed by atoms with Gasteiger partial charge >= 0.3 is 0 Å². The summed E-state index contributed by atoms with van der Waals surface area (Å²) < 4.78 is 12.9. The molecule has 7 heteroatoms. The minimum atomic E-state index is -0.366. The first-order valence-corrected chi connectivity index (χ1v) is 8.50. The lowest BCUT2D eigenvalue weighted by Gasteiger charge is -2.05. The summed E-state index contributed by atoms with van der Waals surface area (Å²) in [5.74, 6) is -0.338. The molecule has 122 valence electrons. The lowest BCUT2D eigenvalue weighted by Crippen LogP contribution is -2.19. The third kappa shape index (κ3) is 2.71. The normalized spacial score (nSPS) is 13.2. The number of thiophene rings is 1. The number of carbonyl (C=O) groups is 1. The van der Waals surface area contributed by atoms with Gasteiger partial charge in [0, 0.05) is 10.6 Å². The largest absolute Gasteiger partial charge is 0.326 e. The van der Waals surface area contributed by atoms with Gasteiger partial charge in [0.25, 0.3) is 5.56 Å². The molecule has 1 amide bonds. The van der Waals surface area contributed by atoms with E-state index < -0.39 is 0 Å². The molecule has 2 aromatic heterocycles. The zero-order chi connectivity index (χ0) is 16.7. The number of hydrogen-bond donors (Lipinski definition) is 2. The van der Waals surface area contributed by atoms with Gasteiger partial charge in [-0.1, -0.05) is 0 Å². The molecule has 0 aliphatic heterocycles. The highest BCUT2D eigenvalue weighted by molar-refractivity contribution is 7.18. The molecule has 1 aliphatic carbocycles. The molecule has 2 N–H and O–H groups in total. The fourth-order valence-corrected chi connectivity index (χ4v) is 4.30. The molecule has 0 saturated carbocycles. The molecule has 2 heterocycles. The lowest BCUT2D eigenvalue weighted by molar-refractivity contribution is -0.115. The van der Waals surface area contributed by atoms with Gasteiger partial charge in [-0.25, -0.2) is 9.37 Å². The van der Waals surface area contributed by atoms with Crippen molar-refractivity contribution >= 4 is 33.1 Å². The topological polar surface area (TPSA) is 74.8 Å². The fraction of sp³-hybridized carbons (Fsp3) is 0.235. The molecule has 4 rings (SSSR count). The lowest BCUT2D eigenvalue weighted by atomic mass is 10.2. The minimum absolute atomic E-state index is 0.0366. The number of rotatable bonds is 3. The summed E-state index contributed by atoms with van der Waals surface area (Å²) in [5, 5.41) is 3.34. The number of nitrogens with one attached hydrogen (secondary N) is 2. The van der Waals surface area contributed by atoms with Crippen molar-refractivity contribution in [2.45, 2.75) is 25.7 Å². The number of nitrogens with zero attached hydrogens (tertiary/aromatic N) is 1. The van der Waals surface area contributed by atoms with Gasteiger partial charge in [0.15, 0.2) is 0 Å². The maximum absolute atomic E-state index is 12.9. The summed E-state index contributed by atoms with van der Waals surface area (Å²) in [6, 6.07) is 5.51. The van der Waals surface area contributed by atoms with Gasteiger partial charge in [0.1, 0.15) is 16.5 Å². The van der Waals surface area contributed by atoms with Gasteiger partial charge < -0.3 is 10.3 Å². The third-order valence-electron chi connectivity index (χ3n) is 4.08. The number of fused-ring (bicyclic) bond motifs is 3. The van der Waals surface area contributed by atoms with Gasteiger partial charge in [-0.3, -0.25) is 9.59 Å². The summed E-state index contributed by atoms with van der Waals surface area (Å²) in [6.45, 7) is 0. The number of aromatic amines is 1. The second kappa shape index (κ2) is 5.83. The average molecular weight is 343 g/mol. The fourth-order valence-electron chi connectivity index (χ4n) is 3.02. The highest BCUT2D eigenvalue weighted by atomic mass is 32.1. The zero-order valence-corrected chi connectivity index (χ0v) is 13.5. The van der Waals surface area contributed by atoms with E-state index in [0.29, 0.717) is 21.7 Å². The van der Waals surface area contributed by atoms with Crippen molar-refractivity contribution in [3.05, 3.63) is 56.7 Å². The van der Waals surface area contributed by atoms with E-state index in [2.05, 4.69) is 15.3 Å². The molecule has 1 aliphatic rings. The number of H-pyrrole nitrogens is 1. The van der Waals surface area contributed by atoms with Crippen molar-refractivity contribution < 1.29 is 9.18 Å². The summed E-state index contributed by atoms with van der Waals surface area (Å²) >= 11 is 1.54. The van der Waals surface area contributed by atoms with Gasteiger partial charge in [-0.2, -0.15) is 0 Å². The molecule has 0 unspecified atom stereocenters. The highest BCUT2D eigenvalue weighted by Crippen LogP contribution is 2.34. The molecule has 0 saturated heterocycles. The second-order valence-corrected chi connectivity index (χ2v) is 6.87. The zero-order valence-electron chi connectivity index (χ0n) is 12.7. The maximum atomic E-state index is 12.9. The summed E-state index contributed by atoms with van der Waals surface area (Å²) in [7, 11) is 0. The van der Waals surface area contributed by atoms with Crippen molar-refractivity contribution in [3.63, 3.8) is 0 Å². The maximum Gasteiger partial charge on any atom is 0.259 e. The molecule has 24 heavy (non-hydrogen) atoms. The second-order valence-electron chi connectivity index (χ2n) is 5.78. The van der Waals surface area contributed by atoms with Crippen molar-refractivity contribution in [1.82, 2.24) is 9.97 Å². The van der Waals surface area contributed by atoms with Crippen LogP contribution in [-0.2, 0) is 24.1 Å². The van der Waals surface area contributed by atoms with Crippen LogP contribution in [0.5, 0.6) is 0 Å². The molecule has 0 fully saturated rings. The molecule has 3 aromatic rings. The Bertz CT molecular complexity index is 991. The van der Waals surface area contributed by atoms with Crippen LogP contribution >= 0.6 is 11.3 Å². The van der Waals surface area contributed by atoms with Gasteiger partial charge in [-0.05, 0) is 49.1 Å². The quantitative estimate of drug-likeness (QED) is 0.768. The summed E-state index contributed by atoms with van der Waals surface area (Å²) in [4.78, 5) is 33.5. The van der Waals surface area contributed by atoms with Crippen LogP contribution in [0, 0.1) is 5.82 Å². The van der Waals surface area contributed by atoms with E-state index in [-0.39, 0.29) is 23.7 Å². The number of hydrogen-bond acceptors (Lipinski definition) is 4. The number of aromatic nitrogens is 2. The standard InChI is InChI=1S/C17H14FN3O2S/c18-9-4-6-10(7-5-9)19-14(22)8-13-20-16(23)15-11-2-1-3-12(11)24-17(15)21-13/h4-7H,1-3,8H2,(H,19,22)(H,20,21,23). The Labute approximate surface area is 140 Å². The Balaban J connectivity index is 1.57. The highest BCUT2D eigenvalue weighted by Gasteiger charge is 2.21. The van der Waals surface area contributed by atoms with Crippen molar-refractivity contribution in [1.29, 1.82) is 0 Å². The predicted octanol–water partition coefficient (Wildman–Crippen LogP) is 2.79. The van der Waals surface area contributed by atoms with Gasteiger partial charge in [-0.15, -0.1) is 11.3 Å². The number of benzene rings is 1. The number of carbonyl (C=O) groups excluding carboxylic acids is 1. The first kappa shape index (κ1) is 15.0. The first-order valence-electron chi connectivity index (χ1n) is 7.69. The van der Waals surface area contributed by atoms with Crippen LogP contribution in [0.4, 0.5) is 10.1 Å². The minimum Gasteiger partial charge on any atom is -0.326 e. The Kier molecular flexibility index (Phi) is 3.65. The van der Waals surface area contributed by atoms with Crippen LogP contribution in [0.15, 0.2) is 29.1 Å². The smallest absolute Gasteiger partial charge is 0.259 e. The number of aryl methyl sites for hydroxylation is 2. The van der Waals surface area contributed by atoms with Crippen LogP contribution in [0.3, 0.4) is 0 Å². The van der Waals surface area contributed by atoms with E-state index >= 15 is 0 Å². The molecule has 0 bridgehead atoms. The molecular formula is C17H14FN3O2S.